The van der Waals surface area contributed by atoms with Gasteiger partial charge in [-0.2, -0.15) is 5.10 Å². The maximum Gasteiger partial charge on any atom is 0.271 e. The summed E-state index contributed by atoms with van der Waals surface area (Å²) >= 11 is 0. The Morgan fingerprint density at radius 2 is 2.17 bits per heavy atom. The van der Waals surface area contributed by atoms with Crippen LogP contribution in [-0.2, 0) is 6.54 Å². The van der Waals surface area contributed by atoms with Crippen molar-refractivity contribution in [2.75, 3.05) is 6.54 Å². The Morgan fingerprint density at radius 1 is 1.29 bits per heavy atom. The van der Waals surface area contributed by atoms with Crippen LogP contribution in [0.2, 0.25) is 0 Å². The zero-order valence-corrected chi connectivity index (χ0v) is 13.0. The summed E-state index contributed by atoms with van der Waals surface area (Å²) in [7, 11) is 0. The van der Waals surface area contributed by atoms with Gasteiger partial charge in [0, 0.05) is 37.2 Å². The van der Waals surface area contributed by atoms with Crippen LogP contribution in [0.3, 0.4) is 0 Å². The summed E-state index contributed by atoms with van der Waals surface area (Å²) in [6.07, 6.45) is 6.32. The molecule has 1 N–H and O–H groups in total. The molecule has 24 heavy (non-hydrogen) atoms. The minimum atomic E-state index is -0.358. The van der Waals surface area contributed by atoms with Gasteiger partial charge in [0.2, 0.25) is 0 Å². The number of aryl methyl sites for hydroxylation is 1. The highest BCUT2D eigenvalue weighted by atomic mass is 16.2. The van der Waals surface area contributed by atoms with Gasteiger partial charge in [0.15, 0.2) is 11.5 Å². The van der Waals surface area contributed by atoms with Gasteiger partial charge >= 0.3 is 0 Å². The minimum absolute atomic E-state index is 0.123. The first kappa shape index (κ1) is 15.5. The third-order valence-corrected chi connectivity index (χ3v) is 3.33. The van der Waals surface area contributed by atoms with E-state index in [1.807, 2.05) is 0 Å². The predicted octanol–water partition coefficient (Wildman–Crippen LogP) is -0.0426. The third-order valence-electron chi connectivity index (χ3n) is 3.33. The van der Waals surface area contributed by atoms with Crippen LogP contribution < -0.4 is 10.9 Å². The molecular weight excluding hydrogens is 310 g/mol. The predicted molar refractivity (Wildman–Crippen MR) is 84.7 cm³/mol. The summed E-state index contributed by atoms with van der Waals surface area (Å²) in [6, 6.07) is 4.99. The van der Waals surface area contributed by atoms with Crippen LogP contribution in [0.4, 0.5) is 0 Å². The van der Waals surface area contributed by atoms with Crippen LogP contribution >= 0.6 is 0 Å². The molecule has 0 saturated heterocycles. The molecule has 1 amide bonds. The number of hydrogen-bond acceptors (Lipinski definition) is 6. The van der Waals surface area contributed by atoms with Crippen molar-refractivity contribution in [3.63, 3.8) is 0 Å². The molecule has 122 valence electrons. The van der Waals surface area contributed by atoms with E-state index in [4.69, 9.17) is 0 Å². The summed E-state index contributed by atoms with van der Waals surface area (Å²) in [6.45, 7) is 2.31. The van der Waals surface area contributed by atoms with Crippen LogP contribution in [0.5, 0.6) is 0 Å². The average molecular weight is 325 g/mol. The molecule has 0 unspecified atom stereocenters. The highest BCUT2D eigenvalue weighted by Crippen LogP contribution is 2.01. The molecule has 3 aromatic heterocycles. The van der Waals surface area contributed by atoms with Gasteiger partial charge in [0.25, 0.3) is 11.5 Å². The van der Waals surface area contributed by atoms with E-state index in [9.17, 15) is 9.59 Å². The summed E-state index contributed by atoms with van der Waals surface area (Å²) in [5.41, 5.74) is 0.632. The lowest BCUT2D eigenvalue weighted by Gasteiger charge is -2.07. The Morgan fingerprint density at radius 3 is 2.88 bits per heavy atom. The van der Waals surface area contributed by atoms with E-state index >= 15 is 0 Å². The fourth-order valence-electron chi connectivity index (χ4n) is 2.07. The Balaban J connectivity index is 1.59. The molecule has 3 heterocycles. The number of nitrogens with zero attached hydrogens (tertiary/aromatic N) is 6. The Bertz CT molecular complexity index is 885. The number of carbonyl (C=O) groups is 1. The summed E-state index contributed by atoms with van der Waals surface area (Å²) in [4.78, 5) is 27.8. The molecule has 0 fully saturated rings. The SMILES string of the molecule is Cc1cncn(CCNC(=O)c2ccc(-n3cccn3)nn2)c1=O. The van der Waals surface area contributed by atoms with Crippen molar-refractivity contribution in [3.8, 4) is 5.82 Å². The lowest BCUT2D eigenvalue weighted by Crippen LogP contribution is -2.32. The second-order valence-corrected chi connectivity index (χ2v) is 5.06. The number of aromatic nitrogens is 6. The number of hydrogen-bond donors (Lipinski definition) is 1. The monoisotopic (exact) mass is 325 g/mol. The van der Waals surface area contributed by atoms with Gasteiger partial charge < -0.3 is 5.32 Å². The van der Waals surface area contributed by atoms with Gasteiger partial charge in [0.05, 0.1) is 6.33 Å². The van der Waals surface area contributed by atoms with Gasteiger partial charge in [-0.25, -0.2) is 9.67 Å². The molecule has 0 bridgehead atoms. The molecular formula is C15H15N7O2. The van der Waals surface area contributed by atoms with Gasteiger partial charge in [-0.15, -0.1) is 10.2 Å². The number of carbonyl (C=O) groups excluding carboxylic acids is 1. The summed E-state index contributed by atoms with van der Waals surface area (Å²) in [5.74, 6) is 0.164. The standard InChI is InChI=1S/C15H15N7O2/c1-11-9-16-10-21(15(11)24)8-6-17-14(23)12-3-4-13(20-19-12)22-7-2-5-18-22/h2-5,7,9-10H,6,8H2,1H3,(H,17,23). The van der Waals surface area contributed by atoms with E-state index in [1.54, 1.807) is 42.2 Å². The van der Waals surface area contributed by atoms with Crippen molar-refractivity contribution >= 4 is 5.91 Å². The van der Waals surface area contributed by atoms with Crippen LogP contribution in [0, 0.1) is 6.92 Å². The molecule has 0 atom stereocenters. The van der Waals surface area contributed by atoms with E-state index in [0.717, 1.165) is 0 Å². The van der Waals surface area contributed by atoms with Crippen molar-refractivity contribution < 1.29 is 4.79 Å². The Hall–Kier alpha value is -3.36. The normalized spacial score (nSPS) is 10.5. The molecule has 3 aromatic rings. The molecule has 0 saturated carbocycles. The maximum absolute atomic E-state index is 12.0. The van der Waals surface area contributed by atoms with E-state index in [2.05, 4.69) is 25.6 Å². The minimum Gasteiger partial charge on any atom is -0.349 e. The largest absolute Gasteiger partial charge is 0.349 e. The average Bonchev–Trinajstić information content (AvgIpc) is 3.13. The first-order chi connectivity index (χ1) is 11.6. The van der Waals surface area contributed by atoms with E-state index < -0.39 is 0 Å². The Labute approximate surface area is 137 Å². The molecule has 3 rings (SSSR count). The Kier molecular flexibility index (Phi) is 4.41. The molecule has 9 nitrogen and oxygen atoms in total. The number of amides is 1. The molecule has 9 heteroatoms. The first-order valence-electron chi connectivity index (χ1n) is 7.28. The number of nitrogens with one attached hydrogen (secondary N) is 1. The van der Waals surface area contributed by atoms with Gasteiger partial charge in [-0.1, -0.05) is 0 Å². The fraction of sp³-hybridized carbons (Fsp3) is 0.200. The molecule has 0 aromatic carbocycles. The van der Waals surface area contributed by atoms with Crippen molar-refractivity contribution in [2.45, 2.75) is 13.5 Å². The van der Waals surface area contributed by atoms with Crippen LogP contribution in [0.25, 0.3) is 5.82 Å². The maximum atomic E-state index is 12.0. The first-order valence-corrected chi connectivity index (χ1v) is 7.28. The zero-order valence-electron chi connectivity index (χ0n) is 13.0. The number of rotatable bonds is 5. The second kappa shape index (κ2) is 6.82. The highest BCUT2D eigenvalue weighted by molar-refractivity contribution is 5.92. The van der Waals surface area contributed by atoms with Crippen molar-refractivity contribution in [1.82, 2.24) is 34.8 Å². The zero-order chi connectivity index (χ0) is 16.9. The topological polar surface area (TPSA) is 108 Å². The van der Waals surface area contributed by atoms with Gasteiger partial charge in [-0.3, -0.25) is 14.2 Å². The smallest absolute Gasteiger partial charge is 0.271 e. The molecule has 0 aliphatic rings. The molecule has 0 radical (unpaired) electrons. The van der Waals surface area contributed by atoms with Crippen LogP contribution in [0.1, 0.15) is 16.1 Å². The lowest BCUT2D eigenvalue weighted by atomic mass is 10.3. The molecule has 0 aliphatic carbocycles. The summed E-state index contributed by atoms with van der Waals surface area (Å²) < 4.78 is 2.99. The van der Waals surface area contributed by atoms with Crippen molar-refractivity contribution in [2.24, 2.45) is 0 Å². The highest BCUT2D eigenvalue weighted by Gasteiger charge is 2.09. The third kappa shape index (κ3) is 3.35. The van der Waals surface area contributed by atoms with Crippen LogP contribution in [0.15, 0.2) is 47.9 Å². The molecule has 0 spiro atoms. The summed E-state index contributed by atoms with van der Waals surface area (Å²) in [5, 5.41) is 14.6. The van der Waals surface area contributed by atoms with Gasteiger partial charge in [0.1, 0.15) is 0 Å². The van der Waals surface area contributed by atoms with Crippen LogP contribution in [-0.4, -0.2) is 42.0 Å². The van der Waals surface area contributed by atoms with Crippen molar-refractivity contribution in [3.05, 3.63) is 64.7 Å². The van der Waals surface area contributed by atoms with E-state index in [-0.39, 0.29) is 23.7 Å². The quantitative estimate of drug-likeness (QED) is 0.705. The lowest BCUT2D eigenvalue weighted by molar-refractivity contribution is 0.0946. The van der Waals surface area contributed by atoms with E-state index in [0.29, 0.717) is 17.9 Å². The second-order valence-electron chi connectivity index (χ2n) is 5.06. The van der Waals surface area contributed by atoms with E-state index in [1.165, 1.54) is 17.1 Å². The molecule has 0 aliphatic heterocycles. The van der Waals surface area contributed by atoms with Crippen molar-refractivity contribution in [1.29, 1.82) is 0 Å². The van der Waals surface area contributed by atoms with Gasteiger partial charge in [-0.05, 0) is 25.1 Å². The fourth-order valence-corrected chi connectivity index (χ4v) is 2.07.